The van der Waals surface area contributed by atoms with E-state index in [0.29, 0.717) is 11.3 Å². The van der Waals surface area contributed by atoms with Gasteiger partial charge in [-0.3, -0.25) is 4.79 Å². The van der Waals surface area contributed by atoms with Crippen molar-refractivity contribution in [1.29, 1.82) is 0 Å². The van der Waals surface area contributed by atoms with Gasteiger partial charge in [0.05, 0.1) is 17.4 Å². The number of nitrogens with zero attached hydrogens (tertiary/aromatic N) is 2. The predicted octanol–water partition coefficient (Wildman–Crippen LogP) is 2.33. The number of aliphatic hydroxyl groups is 1. The van der Waals surface area contributed by atoms with E-state index in [0.717, 1.165) is 16.9 Å². The summed E-state index contributed by atoms with van der Waals surface area (Å²) in [4.78, 5) is 16.7. The molecule has 0 saturated heterocycles. The average Bonchev–Trinajstić information content (AvgIpc) is 3.00. The number of benzene rings is 1. The molecule has 25 heavy (non-hydrogen) atoms. The van der Waals surface area contributed by atoms with E-state index in [1.165, 1.54) is 0 Å². The summed E-state index contributed by atoms with van der Waals surface area (Å²) >= 11 is 0. The first kappa shape index (κ1) is 17.0. The highest BCUT2D eigenvalue weighted by atomic mass is 16.5. The fourth-order valence-corrected chi connectivity index (χ4v) is 2.49. The number of carbonyl (C=O) groups excluding carboxylic acids is 1. The molecule has 130 valence electrons. The van der Waals surface area contributed by atoms with Crippen molar-refractivity contribution in [3.8, 4) is 5.75 Å². The van der Waals surface area contributed by atoms with Gasteiger partial charge >= 0.3 is 0 Å². The minimum atomic E-state index is -0.599. The van der Waals surface area contributed by atoms with Crippen LogP contribution < -0.4 is 10.1 Å². The van der Waals surface area contributed by atoms with Crippen LogP contribution in [0.15, 0.2) is 48.8 Å². The molecular weight excluding hydrogens is 318 g/mol. The maximum Gasteiger partial charge on any atom is 0.255 e. The minimum Gasteiger partial charge on any atom is -0.486 e. The molecule has 1 unspecified atom stereocenters. The van der Waals surface area contributed by atoms with Gasteiger partial charge in [0, 0.05) is 18.9 Å². The largest absolute Gasteiger partial charge is 0.486 e. The van der Waals surface area contributed by atoms with Crippen molar-refractivity contribution < 1.29 is 14.6 Å². The second-order valence-electron chi connectivity index (χ2n) is 6.05. The van der Waals surface area contributed by atoms with Crippen LogP contribution in [-0.2, 0) is 6.61 Å². The number of para-hydroxylation sites is 1. The molecule has 2 N–H and O–H groups in total. The van der Waals surface area contributed by atoms with E-state index in [4.69, 9.17) is 4.74 Å². The zero-order valence-corrected chi connectivity index (χ0v) is 14.3. The number of aromatic nitrogens is 2. The number of rotatable bonds is 6. The second-order valence-corrected chi connectivity index (χ2v) is 6.05. The van der Waals surface area contributed by atoms with Crippen molar-refractivity contribution in [2.24, 2.45) is 0 Å². The highest BCUT2D eigenvalue weighted by Gasteiger charge is 2.13. The number of amides is 1. The molecule has 0 bridgehead atoms. The van der Waals surface area contributed by atoms with Gasteiger partial charge in [0.15, 0.2) is 0 Å². The van der Waals surface area contributed by atoms with Gasteiger partial charge in [0.2, 0.25) is 0 Å². The molecule has 0 fully saturated rings. The number of fused-ring (bicyclic) bond motifs is 1. The SMILES string of the molecule is Cc1ccc2nc(COc3ccccc3C(=O)NCC(C)O)cn2c1. The van der Waals surface area contributed by atoms with Gasteiger partial charge in [0.25, 0.3) is 5.91 Å². The second kappa shape index (κ2) is 7.36. The Bertz CT molecular complexity index is 887. The van der Waals surface area contributed by atoms with Crippen LogP contribution in [0, 0.1) is 6.92 Å². The van der Waals surface area contributed by atoms with Crippen LogP contribution in [-0.4, -0.2) is 33.0 Å². The Labute approximate surface area is 146 Å². The number of imidazole rings is 1. The lowest BCUT2D eigenvalue weighted by Gasteiger charge is -2.11. The molecule has 3 rings (SSSR count). The Balaban J connectivity index is 1.73. The van der Waals surface area contributed by atoms with Crippen LogP contribution in [0.2, 0.25) is 0 Å². The summed E-state index contributed by atoms with van der Waals surface area (Å²) < 4.78 is 7.77. The van der Waals surface area contributed by atoms with E-state index < -0.39 is 6.10 Å². The third-order valence-electron chi connectivity index (χ3n) is 3.71. The topological polar surface area (TPSA) is 75.9 Å². The summed E-state index contributed by atoms with van der Waals surface area (Å²) in [6, 6.07) is 11.0. The molecule has 1 aromatic carbocycles. The van der Waals surface area contributed by atoms with E-state index in [2.05, 4.69) is 10.3 Å². The van der Waals surface area contributed by atoms with Crippen molar-refractivity contribution in [2.75, 3.05) is 6.54 Å². The average molecular weight is 339 g/mol. The minimum absolute atomic E-state index is 0.193. The first-order chi connectivity index (χ1) is 12.0. The Morgan fingerprint density at radius 3 is 2.88 bits per heavy atom. The standard InChI is InChI=1S/C19H21N3O3/c1-13-7-8-18-21-15(11-22(18)10-13)12-25-17-6-4-3-5-16(17)19(24)20-9-14(2)23/h3-8,10-11,14,23H,9,12H2,1-2H3,(H,20,24). The lowest BCUT2D eigenvalue weighted by Crippen LogP contribution is -2.30. The zero-order chi connectivity index (χ0) is 17.8. The number of pyridine rings is 1. The van der Waals surface area contributed by atoms with Gasteiger partial charge in [0.1, 0.15) is 18.0 Å². The summed E-state index contributed by atoms with van der Waals surface area (Å²) in [5.41, 5.74) is 3.22. The quantitative estimate of drug-likeness (QED) is 0.723. The Kier molecular flexibility index (Phi) is 5.00. The van der Waals surface area contributed by atoms with Gasteiger partial charge in [-0.05, 0) is 37.6 Å². The third kappa shape index (κ3) is 4.16. The normalized spacial score (nSPS) is 12.1. The summed E-state index contributed by atoms with van der Waals surface area (Å²) in [5, 5.41) is 12.0. The van der Waals surface area contributed by atoms with Crippen molar-refractivity contribution in [2.45, 2.75) is 26.6 Å². The molecule has 2 heterocycles. The third-order valence-corrected chi connectivity index (χ3v) is 3.71. The maximum atomic E-state index is 12.2. The van der Waals surface area contributed by atoms with E-state index in [1.54, 1.807) is 25.1 Å². The molecule has 6 nitrogen and oxygen atoms in total. The summed E-state index contributed by atoms with van der Waals surface area (Å²) in [6.45, 7) is 4.10. The molecule has 1 atom stereocenters. The summed E-state index contributed by atoms with van der Waals surface area (Å²) in [6.07, 6.45) is 3.32. The molecule has 1 amide bonds. The molecule has 2 aromatic heterocycles. The van der Waals surface area contributed by atoms with Crippen LogP contribution in [0.1, 0.15) is 28.5 Å². The monoisotopic (exact) mass is 339 g/mol. The molecule has 0 saturated carbocycles. The summed E-state index contributed by atoms with van der Waals surface area (Å²) in [5.74, 6) is 0.209. The maximum absolute atomic E-state index is 12.2. The van der Waals surface area contributed by atoms with Crippen LogP contribution in [0.5, 0.6) is 5.75 Å². The number of ether oxygens (including phenoxy) is 1. The number of aliphatic hydroxyl groups excluding tert-OH is 1. The van der Waals surface area contributed by atoms with Gasteiger partial charge < -0.3 is 19.6 Å². The Hall–Kier alpha value is -2.86. The van der Waals surface area contributed by atoms with E-state index in [1.807, 2.05) is 41.9 Å². The first-order valence-electron chi connectivity index (χ1n) is 8.15. The summed E-state index contributed by atoms with van der Waals surface area (Å²) in [7, 11) is 0. The van der Waals surface area contributed by atoms with Gasteiger partial charge in [-0.1, -0.05) is 18.2 Å². The van der Waals surface area contributed by atoms with E-state index in [-0.39, 0.29) is 19.1 Å². The Morgan fingerprint density at radius 2 is 2.08 bits per heavy atom. The van der Waals surface area contributed by atoms with Gasteiger partial charge in [-0.25, -0.2) is 4.98 Å². The van der Waals surface area contributed by atoms with Crippen molar-refractivity contribution in [1.82, 2.24) is 14.7 Å². The molecule has 0 aliphatic heterocycles. The lowest BCUT2D eigenvalue weighted by molar-refractivity contribution is 0.0919. The number of carbonyl (C=O) groups is 1. The van der Waals surface area contributed by atoms with Crippen molar-refractivity contribution in [3.05, 3.63) is 65.6 Å². The lowest BCUT2D eigenvalue weighted by atomic mass is 10.2. The van der Waals surface area contributed by atoms with E-state index >= 15 is 0 Å². The Morgan fingerprint density at radius 1 is 1.28 bits per heavy atom. The zero-order valence-electron chi connectivity index (χ0n) is 14.3. The molecular formula is C19H21N3O3. The van der Waals surface area contributed by atoms with Crippen LogP contribution >= 0.6 is 0 Å². The highest BCUT2D eigenvalue weighted by Crippen LogP contribution is 2.19. The number of hydrogen-bond donors (Lipinski definition) is 2. The van der Waals surface area contributed by atoms with Gasteiger partial charge in [-0.15, -0.1) is 0 Å². The first-order valence-corrected chi connectivity index (χ1v) is 8.15. The fraction of sp³-hybridized carbons (Fsp3) is 0.263. The number of aryl methyl sites for hydroxylation is 1. The predicted molar refractivity (Wildman–Crippen MR) is 94.7 cm³/mol. The fourth-order valence-electron chi connectivity index (χ4n) is 2.49. The molecule has 0 aliphatic carbocycles. The van der Waals surface area contributed by atoms with E-state index in [9.17, 15) is 9.90 Å². The molecule has 0 radical (unpaired) electrons. The highest BCUT2D eigenvalue weighted by molar-refractivity contribution is 5.96. The molecule has 0 spiro atoms. The molecule has 6 heteroatoms. The number of nitrogens with one attached hydrogen (secondary N) is 1. The van der Waals surface area contributed by atoms with Crippen molar-refractivity contribution in [3.63, 3.8) is 0 Å². The van der Waals surface area contributed by atoms with Crippen LogP contribution in [0.4, 0.5) is 0 Å². The van der Waals surface area contributed by atoms with Crippen LogP contribution in [0.25, 0.3) is 5.65 Å². The van der Waals surface area contributed by atoms with Crippen LogP contribution in [0.3, 0.4) is 0 Å². The molecule has 0 aliphatic rings. The smallest absolute Gasteiger partial charge is 0.255 e. The number of hydrogen-bond acceptors (Lipinski definition) is 4. The van der Waals surface area contributed by atoms with Gasteiger partial charge in [-0.2, -0.15) is 0 Å². The molecule has 3 aromatic rings. The van der Waals surface area contributed by atoms with Crippen molar-refractivity contribution >= 4 is 11.6 Å².